The molecule has 3 rings (SSSR count). The fraction of sp³-hybridized carbons (Fsp3) is 0.529. The van der Waals surface area contributed by atoms with Crippen LogP contribution < -0.4 is 0 Å². The van der Waals surface area contributed by atoms with Gasteiger partial charge >= 0.3 is 0 Å². The summed E-state index contributed by atoms with van der Waals surface area (Å²) < 4.78 is 2.09. The van der Waals surface area contributed by atoms with Gasteiger partial charge in [-0.15, -0.1) is 10.2 Å². The monoisotopic (exact) mass is 284 g/mol. The third-order valence-corrected chi connectivity index (χ3v) is 4.81. The van der Waals surface area contributed by atoms with Crippen LogP contribution in [0.25, 0.3) is 0 Å². The highest BCUT2D eigenvalue weighted by Gasteiger charge is 2.27. The summed E-state index contributed by atoms with van der Waals surface area (Å²) in [6.07, 6.45) is 2.49. The quantitative estimate of drug-likeness (QED) is 0.868. The predicted molar refractivity (Wildman–Crippen MR) is 84.0 cm³/mol. The van der Waals surface area contributed by atoms with E-state index < -0.39 is 0 Å². The Kier molecular flexibility index (Phi) is 3.81. The molecule has 1 fully saturated rings. The van der Waals surface area contributed by atoms with Crippen molar-refractivity contribution in [1.29, 1.82) is 0 Å². The molecular formula is C17H24N4. The molecule has 0 saturated carbocycles. The van der Waals surface area contributed by atoms with E-state index in [9.17, 15) is 0 Å². The highest BCUT2D eigenvalue weighted by Crippen LogP contribution is 2.33. The molecule has 2 heterocycles. The molecule has 1 atom stereocenters. The number of benzene rings is 1. The van der Waals surface area contributed by atoms with E-state index in [0.717, 1.165) is 24.7 Å². The van der Waals surface area contributed by atoms with Crippen molar-refractivity contribution in [2.24, 2.45) is 7.05 Å². The van der Waals surface area contributed by atoms with E-state index in [1.807, 2.05) is 14.0 Å². The maximum atomic E-state index is 4.31. The zero-order valence-corrected chi connectivity index (χ0v) is 13.4. The Morgan fingerprint density at radius 3 is 2.62 bits per heavy atom. The smallest absolute Gasteiger partial charge is 0.146 e. The van der Waals surface area contributed by atoms with Crippen molar-refractivity contribution in [1.82, 2.24) is 19.7 Å². The standard InChI is InChI=1S/C17H24N4/c1-12-7-8-15(10-13(12)2)16-6-5-9-21(16)11-17-19-18-14(3)20(17)4/h7-8,10,16H,5-6,9,11H2,1-4H3/t16-/m0/s1. The Labute approximate surface area is 126 Å². The van der Waals surface area contributed by atoms with Crippen molar-refractivity contribution in [3.8, 4) is 0 Å². The van der Waals surface area contributed by atoms with Crippen LogP contribution in [0.15, 0.2) is 18.2 Å². The SMILES string of the molecule is Cc1ccc([C@@H]2CCCN2Cc2nnc(C)n2C)cc1C. The van der Waals surface area contributed by atoms with Crippen LogP contribution in [0.3, 0.4) is 0 Å². The molecule has 0 spiro atoms. The van der Waals surface area contributed by atoms with Gasteiger partial charge in [0.2, 0.25) is 0 Å². The molecule has 0 amide bonds. The average molecular weight is 284 g/mol. The van der Waals surface area contributed by atoms with Gasteiger partial charge in [-0.1, -0.05) is 18.2 Å². The van der Waals surface area contributed by atoms with E-state index >= 15 is 0 Å². The second kappa shape index (κ2) is 5.60. The number of nitrogens with zero attached hydrogens (tertiary/aromatic N) is 4. The van der Waals surface area contributed by atoms with Crippen LogP contribution >= 0.6 is 0 Å². The lowest BCUT2D eigenvalue weighted by atomic mass is 9.99. The summed E-state index contributed by atoms with van der Waals surface area (Å²) in [6, 6.07) is 7.39. The number of aryl methyl sites for hydroxylation is 3. The molecule has 4 heteroatoms. The van der Waals surface area contributed by atoms with Gasteiger partial charge in [0.05, 0.1) is 6.54 Å². The average Bonchev–Trinajstić information content (AvgIpc) is 3.04. The molecule has 0 N–H and O–H groups in total. The van der Waals surface area contributed by atoms with Crippen molar-refractivity contribution in [3.63, 3.8) is 0 Å². The Morgan fingerprint density at radius 1 is 1.14 bits per heavy atom. The lowest BCUT2D eigenvalue weighted by Gasteiger charge is -2.25. The first-order chi connectivity index (χ1) is 10.1. The summed E-state index contributed by atoms with van der Waals surface area (Å²) >= 11 is 0. The first kappa shape index (κ1) is 14.3. The molecular weight excluding hydrogens is 260 g/mol. The fourth-order valence-corrected chi connectivity index (χ4v) is 3.14. The molecule has 1 aliphatic rings. The van der Waals surface area contributed by atoms with Gasteiger partial charge in [-0.3, -0.25) is 4.90 Å². The first-order valence-electron chi connectivity index (χ1n) is 7.72. The molecule has 0 unspecified atom stereocenters. The van der Waals surface area contributed by atoms with Gasteiger partial charge in [-0.2, -0.15) is 0 Å². The van der Waals surface area contributed by atoms with Gasteiger partial charge in [0.25, 0.3) is 0 Å². The number of rotatable bonds is 3. The third-order valence-electron chi connectivity index (χ3n) is 4.81. The van der Waals surface area contributed by atoms with Crippen LogP contribution in [0.1, 0.15) is 47.2 Å². The molecule has 4 nitrogen and oxygen atoms in total. The molecule has 21 heavy (non-hydrogen) atoms. The van der Waals surface area contributed by atoms with Crippen molar-refractivity contribution in [2.45, 2.75) is 46.2 Å². The van der Waals surface area contributed by atoms with E-state index in [4.69, 9.17) is 0 Å². The third kappa shape index (κ3) is 2.72. The predicted octanol–water partition coefficient (Wildman–Crippen LogP) is 3.08. The Bertz CT molecular complexity index is 644. The van der Waals surface area contributed by atoms with Gasteiger partial charge in [0.15, 0.2) is 0 Å². The summed E-state index contributed by atoms with van der Waals surface area (Å²) in [6.45, 7) is 8.40. The number of hydrogen-bond acceptors (Lipinski definition) is 3. The van der Waals surface area contributed by atoms with Crippen LogP contribution in [-0.2, 0) is 13.6 Å². The van der Waals surface area contributed by atoms with Gasteiger partial charge < -0.3 is 4.57 Å². The van der Waals surface area contributed by atoms with E-state index in [0.29, 0.717) is 6.04 Å². The van der Waals surface area contributed by atoms with Crippen LogP contribution in [0.4, 0.5) is 0 Å². The fourth-order valence-electron chi connectivity index (χ4n) is 3.14. The first-order valence-corrected chi connectivity index (χ1v) is 7.72. The minimum absolute atomic E-state index is 0.515. The highest BCUT2D eigenvalue weighted by molar-refractivity contribution is 5.32. The Balaban J connectivity index is 1.82. The largest absolute Gasteiger partial charge is 0.317 e. The summed E-state index contributed by atoms with van der Waals surface area (Å²) in [5.41, 5.74) is 4.19. The van der Waals surface area contributed by atoms with Crippen molar-refractivity contribution >= 4 is 0 Å². The van der Waals surface area contributed by atoms with E-state index in [-0.39, 0.29) is 0 Å². The van der Waals surface area contributed by atoms with E-state index in [1.54, 1.807) is 0 Å². The molecule has 0 bridgehead atoms. The van der Waals surface area contributed by atoms with Crippen LogP contribution in [-0.4, -0.2) is 26.2 Å². The number of hydrogen-bond donors (Lipinski definition) is 0. The summed E-state index contributed by atoms with van der Waals surface area (Å²) in [4.78, 5) is 2.54. The molecule has 1 aromatic heterocycles. The Hall–Kier alpha value is -1.68. The minimum atomic E-state index is 0.515. The lowest BCUT2D eigenvalue weighted by molar-refractivity contribution is 0.239. The second-order valence-corrected chi connectivity index (χ2v) is 6.19. The second-order valence-electron chi connectivity index (χ2n) is 6.19. The van der Waals surface area contributed by atoms with Crippen molar-refractivity contribution in [3.05, 3.63) is 46.5 Å². The van der Waals surface area contributed by atoms with Gasteiger partial charge in [-0.25, -0.2) is 0 Å². The minimum Gasteiger partial charge on any atom is -0.317 e. The van der Waals surface area contributed by atoms with Crippen molar-refractivity contribution < 1.29 is 0 Å². The molecule has 1 saturated heterocycles. The highest BCUT2D eigenvalue weighted by atomic mass is 15.3. The van der Waals surface area contributed by atoms with Crippen LogP contribution in [0.5, 0.6) is 0 Å². The molecule has 2 aromatic rings. The van der Waals surface area contributed by atoms with Gasteiger partial charge in [0, 0.05) is 13.1 Å². The van der Waals surface area contributed by atoms with Crippen LogP contribution in [0, 0.1) is 20.8 Å². The van der Waals surface area contributed by atoms with E-state index in [1.165, 1.54) is 29.5 Å². The summed E-state index contributed by atoms with van der Waals surface area (Å²) in [5, 5.41) is 8.48. The number of aromatic nitrogens is 3. The summed E-state index contributed by atoms with van der Waals surface area (Å²) in [7, 11) is 2.05. The van der Waals surface area contributed by atoms with Crippen LogP contribution in [0.2, 0.25) is 0 Å². The molecule has 1 aliphatic heterocycles. The summed E-state index contributed by atoms with van der Waals surface area (Å²) in [5.74, 6) is 2.04. The molecule has 112 valence electrons. The van der Waals surface area contributed by atoms with Crippen molar-refractivity contribution in [2.75, 3.05) is 6.54 Å². The lowest BCUT2D eigenvalue weighted by Crippen LogP contribution is -2.24. The van der Waals surface area contributed by atoms with Gasteiger partial charge in [0.1, 0.15) is 11.6 Å². The molecule has 0 radical (unpaired) electrons. The Morgan fingerprint density at radius 2 is 1.95 bits per heavy atom. The zero-order chi connectivity index (χ0) is 15.0. The normalized spacial score (nSPS) is 19.3. The maximum absolute atomic E-state index is 4.31. The molecule has 1 aromatic carbocycles. The topological polar surface area (TPSA) is 34.0 Å². The maximum Gasteiger partial charge on any atom is 0.146 e. The zero-order valence-electron chi connectivity index (χ0n) is 13.4. The van der Waals surface area contributed by atoms with Gasteiger partial charge in [-0.05, 0) is 56.8 Å². The van der Waals surface area contributed by atoms with E-state index in [2.05, 4.69) is 51.7 Å². The number of likely N-dealkylation sites (tertiary alicyclic amines) is 1. The molecule has 0 aliphatic carbocycles.